The minimum absolute atomic E-state index is 0.324. The highest BCUT2D eigenvalue weighted by Gasteiger charge is 2.13. The van der Waals surface area contributed by atoms with Crippen molar-refractivity contribution in [2.24, 2.45) is 5.10 Å². The summed E-state index contributed by atoms with van der Waals surface area (Å²) in [6, 6.07) is 11.6. The van der Waals surface area contributed by atoms with Crippen molar-refractivity contribution < 1.29 is 14.3 Å². The van der Waals surface area contributed by atoms with Crippen LogP contribution in [0.15, 0.2) is 47.6 Å². The number of carbonyl (C=O) groups is 1. The maximum atomic E-state index is 12.3. The van der Waals surface area contributed by atoms with Gasteiger partial charge in [0, 0.05) is 11.6 Å². The Bertz CT molecular complexity index is 825. The summed E-state index contributed by atoms with van der Waals surface area (Å²) in [5.74, 6) is 0.273. The van der Waals surface area contributed by atoms with Gasteiger partial charge >= 0.3 is 5.97 Å². The van der Waals surface area contributed by atoms with Crippen molar-refractivity contribution in [3.05, 3.63) is 58.6 Å². The quantitative estimate of drug-likeness (QED) is 0.240. The molecule has 0 aromatic heterocycles. The highest BCUT2D eigenvalue weighted by atomic mass is 35.5. The number of nitrogens with one attached hydrogen (secondary N) is 2. The maximum Gasteiger partial charge on any atom is 0.343 e. The molecule has 0 saturated heterocycles. The van der Waals surface area contributed by atoms with Gasteiger partial charge in [-0.3, -0.25) is 5.43 Å². The number of thiocarbonyl (C=S) groups is 1. The molecule has 142 valence electrons. The minimum Gasteiger partial charge on any atom is -0.490 e. The molecular formula is C19H20ClN3O3S. The smallest absolute Gasteiger partial charge is 0.343 e. The van der Waals surface area contributed by atoms with E-state index in [-0.39, 0.29) is 0 Å². The molecule has 2 rings (SSSR count). The van der Waals surface area contributed by atoms with Crippen molar-refractivity contribution in [2.45, 2.75) is 13.8 Å². The second-order valence-corrected chi connectivity index (χ2v) is 6.11. The molecule has 0 heterocycles. The molecule has 0 aliphatic carbocycles. The molecule has 0 fully saturated rings. The van der Waals surface area contributed by atoms with Crippen molar-refractivity contribution in [1.82, 2.24) is 10.7 Å². The Kier molecular flexibility index (Phi) is 8.03. The van der Waals surface area contributed by atoms with E-state index >= 15 is 0 Å². The zero-order valence-electron chi connectivity index (χ0n) is 15.0. The summed E-state index contributed by atoms with van der Waals surface area (Å²) < 4.78 is 11.0. The predicted octanol–water partition coefficient (Wildman–Crippen LogP) is 3.78. The van der Waals surface area contributed by atoms with Crippen LogP contribution in [0.1, 0.15) is 29.8 Å². The van der Waals surface area contributed by atoms with E-state index in [2.05, 4.69) is 15.8 Å². The third kappa shape index (κ3) is 6.54. The SMILES string of the molecule is CCNC(=S)NN=Cc1ccc(OC(=O)c2ccc(Cl)cc2)c(OCC)c1. The summed E-state index contributed by atoms with van der Waals surface area (Å²) in [4.78, 5) is 12.3. The van der Waals surface area contributed by atoms with E-state index in [1.807, 2.05) is 13.8 Å². The monoisotopic (exact) mass is 405 g/mol. The van der Waals surface area contributed by atoms with Gasteiger partial charge in [-0.2, -0.15) is 5.10 Å². The number of esters is 1. The largest absolute Gasteiger partial charge is 0.490 e. The van der Waals surface area contributed by atoms with Crippen LogP contribution in [-0.2, 0) is 0 Å². The number of rotatable bonds is 7. The van der Waals surface area contributed by atoms with Crippen LogP contribution in [0.4, 0.5) is 0 Å². The number of hydrogen-bond donors (Lipinski definition) is 2. The molecule has 0 aliphatic heterocycles. The Morgan fingerprint density at radius 1 is 1.19 bits per heavy atom. The summed E-state index contributed by atoms with van der Waals surface area (Å²) >= 11 is 10.9. The van der Waals surface area contributed by atoms with Crippen LogP contribution in [0, 0.1) is 0 Å². The van der Waals surface area contributed by atoms with Crippen molar-refractivity contribution >= 4 is 41.1 Å². The number of hydrogen-bond acceptors (Lipinski definition) is 5. The van der Waals surface area contributed by atoms with E-state index in [4.69, 9.17) is 33.3 Å². The van der Waals surface area contributed by atoms with Crippen LogP contribution in [0.2, 0.25) is 5.02 Å². The van der Waals surface area contributed by atoms with Crippen LogP contribution in [-0.4, -0.2) is 30.4 Å². The topological polar surface area (TPSA) is 72.0 Å². The summed E-state index contributed by atoms with van der Waals surface area (Å²) in [6.45, 7) is 4.93. The van der Waals surface area contributed by atoms with Crippen LogP contribution in [0.25, 0.3) is 0 Å². The lowest BCUT2D eigenvalue weighted by Crippen LogP contribution is -2.31. The molecule has 0 saturated carbocycles. The van der Waals surface area contributed by atoms with Gasteiger partial charge in [0.2, 0.25) is 0 Å². The number of carbonyl (C=O) groups excluding carboxylic acids is 1. The van der Waals surface area contributed by atoms with Gasteiger partial charge in [-0.15, -0.1) is 0 Å². The predicted molar refractivity (Wildman–Crippen MR) is 111 cm³/mol. The van der Waals surface area contributed by atoms with E-state index in [9.17, 15) is 4.79 Å². The van der Waals surface area contributed by atoms with Crippen molar-refractivity contribution in [2.75, 3.05) is 13.2 Å². The van der Waals surface area contributed by atoms with E-state index < -0.39 is 5.97 Å². The van der Waals surface area contributed by atoms with Crippen LogP contribution in [0.5, 0.6) is 11.5 Å². The normalized spacial score (nSPS) is 10.5. The summed E-state index contributed by atoms with van der Waals surface area (Å²) in [7, 11) is 0. The first-order valence-corrected chi connectivity index (χ1v) is 9.13. The average Bonchev–Trinajstić information content (AvgIpc) is 2.64. The van der Waals surface area contributed by atoms with E-state index in [0.29, 0.717) is 40.3 Å². The molecule has 0 radical (unpaired) electrons. The fourth-order valence-corrected chi connectivity index (χ4v) is 2.39. The highest BCUT2D eigenvalue weighted by molar-refractivity contribution is 7.80. The third-order valence-corrected chi connectivity index (χ3v) is 3.75. The standard InChI is InChI=1S/C19H20ClN3O3S/c1-3-21-19(27)23-22-12-13-5-10-16(17(11-13)25-4-2)26-18(24)14-6-8-15(20)9-7-14/h5-12H,3-4H2,1-2H3,(H2,21,23,27). The highest BCUT2D eigenvalue weighted by Crippen LogP contribution is 2.29. The van der Waals surface area contributed by atoms with Crippen LogP contribution >= 0.6 is 23.8 Å². The molecule has 0 spiro atoms. The number of nitrogens with zero attached hydrogens (tertiary/aromatic N) is 1. The lowest BCUT2D eigenvalue weighted by atomic mass is 10.2. The van der Waals surface area contributed by atoms with E-state index in [0.717, 1.165) is 5.56 Å². The van der Waals surface area contributed by atoms with Crippen molar-refractivity contribution in [1.29, 1.82) is 0 Å². The third-order valence-electron chi connectivity index (χ3n) is 3.27. The lowest BCUT2D eigenvalue weighted by Gasteiger charge is -2.11. The molecule has 6 nitrogen and oxygen atoms in total. The van der Waals surface area contributed by atoms with Gasteiger partial charge in [-0.05, 0) is 74.1 Å². The molecule has 2 aromatic carbocycles. The minimum atomic E-state index is -0.494. The van der Waals surface area contributed by atoms with Gasteiger partial charge < -0.3 is 14.8 Å². The Labute approximate surface area is 168 Å². The first kappa shape index (κ1) is 20.7. The maximum absolute atomic E-state index is 12.3. The first-order chi connectivity index (χ1) is 13.0. The molecule has 0 atom stereocenters. The summed E-state index contributed by atoms with van der Waals surface area (Å²) in [5.41, 5.74) is 3.87. The summed E-state index contributed by atoms with van der Waals surface area (Å²) in [5, 5.41) is 7.97. The van der Waals surface area contributed by atoms with Crippen LogP contribution < -0.4 is 20.2 Å². The van der Waals surface area contributed by atoms with Gasteiger partial charge in [-0.1, -0.05) is 11.6 Å². The Morgan fingerprint density at radius 3 is 2.59 bits per heavy atom. The molecule has 2 aromatic rings. The Balaban J connectivity index is 2.12. The molecular weight excluding hydrogens is 386 g/mol. The molecule has 0 amide bonds. The van der Waals surface area contributed by atoms with Crippen LogP contribution in [0.3, 0.4) is 0 Å². The molecule has 27 heavy (non-hydrogen) atoms. The molecule has 2 N–H and O–H groups in total. The second kappa shape index (κ2) is 10.5. The van der Waals surface area contributed by atoms with Gasteiger partial charge in [0.25, 0.3) is 0 Å². The fourth-order valence-electron chi connectivity index (χ4n) is 2.07. The Hall–Kier alpha value is -2.64. The molecule has 0 unspecified atom stereocenters. The molecule has 8 heteroatoms. The zero-order chi connectivity index (χ0) is 19.6. The van der Waals surface area contributed by atoms with Gasteiger partial charge in [0.1, 0.15) is 0 Å². The molecule has 0 bridgehead atoms. The van der Waals surface area contributed by atoms with E-state index in [1.54, 1.807) is 48.7 Å². The summed E-state index contributed by atoms with van der Waals surface area (Å²) in [6.07, 6.45) is 1.59. The van der Waals surface area contributed by atoms with Gasteiger partial charge in [0.05, 0.1) is 18.4 Å². The Morgan fingerprint density at radius 2 is 1.93 bits per heavy atom. The lowest BCUT2D eigenvalue weighted by molar-refractivity contribution is 0.0728. The zero-order valence-corrected chi connectivity index (χ0v) is 16.6. The number of ether oxygens (including phenoxy) is 2. The molecule has 0 aliphatic rings. The van der Waals surface area contributed by atoms with Crippen molar-refractivity contribution in [3.63, 3.8) is 0 Å². The number of hydrazone groups is 1. The fraction of sp³-hybridized carbons (Fsp3) is 0.211. The van der Waals surface area contributed by atoms with Gasteiger partial charge in [-0.25, -0.2) is 4.79 Å². The van der Waals surface area contributed by atoms with E-state index in [1.165, 1.54) is 0 Å². The van der Waals surface area contributed by atoms with Crippen molar-refractivity contribution in [3.8, 4) is 11.5 Å². The van der Waals surface area contributed by atoms with Gasteiger partial charge in [0.15, 0.2) is 16.6 Å². The number of halogens is 1. The second-order valence-electron chi connectivity index (χ2n) is 5.27. The first-order valence-electron chi connectivity index (χ1n) is 8.35. The average molecular weight is 406 g/mol. The number of benzene rings is 2.